The van der Waals surface area contributed by atoms with Gasteiger partial charge >= 0.3 is 11.9 Å². The van der Waals surface area contributed by atoms with E-state index in [-0.39, 0.29) is 11.9 Å². The van der Waals surface area contributed by atoms with E-state index in [4.69, 9.17) is 24.5 Å². The van der Waals surface area contributed by atoms with Crippen molar-refractivity contribution in [2.75, 3.05) is 6.54 Å². The van der Waals surface area contributed by atoms with Crippen molar-refractivity contribution in [2.45, 2.75) is 25.5 Å². The zero-order valence-corrected chi connectivity index (χ0v) is 16.5. The standard InChI is InChI=1S/C17H18INO2.C2H2O4/c18-16-4-2-1-3-13(16)10-19-11-15-8-6-12-5-7-14(20)9-17(12)21-15;3-1(4)2(5)6/h1-5,7,9,15,19-20H,6,8,10-11H2;(H,3,4)(H,5,6)/t15-;/m1./s1. The molecule has 1 aliphatic rings. The SMILES string of the molecule is O=C(O)C(=O)O.Oc1ccc2c(c1)O[C@@H](CNCc1ccccc1I)CC2. The molecule has 8 heteroatoms. The molecule has 0 fully saturated rings. The minimum absolute atomic E-state index is 0.167. The van der Waals surface area contributed by atoms with Crippen molar-refractivity contribution in [1.29, 1.82) is 0 Å². The first-order chi connectivity index (χ1) is 12.9. The average Bonchev–Trinajstić information content (AvgIpc) is 2.63. The highest BCUT2D eigenvalue weighted by molar-refractivity contribution is 14.1. The molecule has 2 aromatic carbocycles. The van der Waals surface area contributed by atoms with Gasteiger partial charge in [-0.3, -0.25) is 0 Å². The van der Waals surface area contributed by atoms with Crippen LogP contribution in [0.25, 0.3) is 0 Å². The summed E-state index contributed by atoms with van der Waals surface area (Å²) in [5.74, 6) is -2.56. The Morgan fingerprint density at radius 1 is 1.15 bits per heavy atom. The minimum Gasteiger partial charge on any atom is -0.508 e. The smallest absolute Gasteiger partial charge is 0.414 e. The zero-order valence-electron chi connectivity index (χ0n) is 14.4. The lowest BCUT2D eigenvalue weighted by Crippen LogP contribution is -2.34. The number of hydrogen-bond acceptors (Lipinski definition) is 5. The van der Waals surface area contributed by atoms with Crippen molar-refractivity contribution in [2.24, 2.45) is 0 Å². The van der Waals surface area contributed by atoms with Crippen LogP contribution in [0.15, 0.2) is 42.5 Å². The van der Waals surface area contributed by atoms with Crippen LogP contribution in [0, 0.1) is 3.57 Å². The van der Waals surface area contributed by atoms with Crippen LogP contribution < -0.4 is 10.1 Å². The van der Waals surface area contributed by atoms with Crippen molar-refractivity contribution in [3.63, 3.8) is 0 Å². The Morgan fingerprint density at radius 3 is 2.52 bits per heavy atom. The highest BCUT2D eigenvalue weighted by atomic mass is 127. The summed E-state index contributed by atoms with van der Waals surface area (Å²) < 4.78 is 7.24. The summed E-state index contributed by atoms with van der Waals surface area (Å²) in [6, 6.07) is 13.8. The molecule has 0 amide bonds. The molecular formula is C19H20INO6. The number of ether oxygens (including phenoxy) is 1. The maximum absolute atomic E-state index is 9.53. The molecule has 27 heavy (non-hydrogen) atoms. The number of hydrogen-bond donors (Lipinski definition) is 4. The Hall–Kier alpha value is -2.33. The number of carboxylic acid groups (broad SMARTS) is 2. The lowest BCUT2D eigenvalue weighted by molar-refractivity contribution is -0.159. The molecule has 1 atom stereocenters. The highest BCUT2D eigenvalue weighted by Crippen LogP contribution is 2.30. The monoisotopic (exact) mass is 485 g/mol. The molecule has 3 rings (SSSR count). The van der Waals surface area contributed by atoms with E-state index in [2.05, 4.69) is 52.2 Å². The second-order valence-electron chi connectivity index (χ2n) is 5.90. The molecule has 1 aliphatic heterocycles. The first-order valence-corrected chi connectivity index (χ1v) is 9.33. The largest absolute Gasteiger partial charge is 0.508 e. The van der Waals surface area contributed by atoms with Gasteiger partial charge in [0.2, 0.25) is 0 Å². The summed E-state index contributed by atoms with van der Waals surface area (Å²) in [7, 11) is 0. The van der Waals surface area contributed by atoms with Crippen LogP contribution in [-0.2, 0) is 22.6 Å². The van der Waals surface area contributed by atoms with Crippen molar-refractivity contribution in [1.82, 2.24) is 5.32 Å². The van der Waals surface area contributed by atoms with Crippen molar-refractivity contribution >= 4 is 34.5 Å². The van der Waals surface area contributed by atoms with E-state index in [0.29, 0.717) is 0 Å². The van der Waals surface area contributed by atoms with Crippen molar-refractivity contribution in [3.05, 3.63) is 57.2 Å². The molecule has 144 valence electrons. The molecule has 4 N–H and O–H groups in total. The van der Waals surface area contributed by atoms with Gasteiger partial charge in [-0.2, -0.15) is 0 Å². The van der Waals surface area contributed by atoms with Gasteiger partial charge in [0.05, 0.1) is 0 Å². The van der Waals surface area contributed by atoms with E-state index in [0.717, 1.165) is 31.7 Å². The number of phenolic OH excluding ortho intramolecular Hbond substituents is 1. The zero-order chi connectivity index (χ0) is 19.8. The van der Waals surface area contributed by atoms with Gasteiger partial charge in [-0.15, -0.1) is 0 Å². The summed E-state index contributed by atoms with van der Waals surface area (Å²) in [6.07, 6.45) is 2.18. The topological polar surface area (TPSA) is 116 Å². The van der Waals surface area contributed by atoms with Crippen molar-refractivity contribution in [3.8, 4) is 11.5 Å². The average molecular weight is 485 g/mol. The number of halogens is 1. The number of carboxylic acids is 2. The number of aliphatic carboxylic acids is 2. The molecule has 0 aromatic heterocycles. The van der Waals surface area contributed by atoms with Crippen LogP contribution in [0.5, 0.6) is 11.5 Å². The van der Waals surface area contributed by atoms with Crippen molar-refractivity contribution < 1.29 is 29.6 Å². The molecule has 7 nitrogen and oxygen atoms in total. The molecule has 0 aliphatic carbocycles. The first kappa shape index (κ1) is 21.0. The van der Waals surface area contributed by atoms with Crippen LogP contribution in [0.3, 0.4) is 0 Å². The third kappa shape index (κ3) is 6.72. The van der Waals surface area contributed by atoms with Gasteiger partial charge in [0.25, 0.3) is 0 Å². The molecule has 0 saturated heterocycles. The first-order valence-electron chi connectivity index (χ1n) is 8.25. The number of rotatable bonds is 4. The fourth-order valence-electron chi connectivity index (χ4n) is 2.57. The molecule has 0 bridgehead atoms. The van der Waals surface area contributed by atoms with Crippen LogP contribution in [-0.4, -0.2) is 39.9 Å². The van der Waals surface area contributed by atoms with Gasteiger partial charge in [-0.1, -0.05) is 24.3 Å². The summed E-state index contributed by atoms with van der Waals surface area (Å²) >= 11 is 2.36. The molecule has 1 heterocycles. The Kier molecular flexibility index (Phi) is 7.86. The van der Waals surface area contributed by atoms with Gasteiger partial charge < -0.3 is 25.4 Å². The van der Waals surface area contributed by atoms with Gasteiger partial charge in [-0.25, -0.2) is 9.59 Å². The van der Waals surface area contributed by atoms with Crippen LogP contribution >= 0.6 is 22.6 Å². The lowest BCUT2D eigenvalue weighted by Gasteiger charge is -2.26. The number of phenols is 1. The van der Waals surface area contributed by atoms with Crippen LogP contribution in [0.4, 0.5) is 0 Å². The Labute approximate surface area is 170 Å². The van der Waals surface area contributed by atoms with E-state index in [1.807, 2.05) is 6.07 Å². The van der Waals surface area contributed by atoms with E-state index < -0.39 is 11.9 Å². The van der Waals surface area contributed by atoms with Gasteiger partial charge in [0, 0.05) is 22.7 Å². The quantitative estimate of drug-likeness (QED) is 0.389. The summed E-state index contributed by atoms with van der Waals surface area (Å²) in [6.45, 7) is 1.67. The number of fused-ring (bicyclic) bond motifs is 1. The summed E-state index contributed by atoms with van der Waals surface area (Å²) in [4.78, 5) is 18.2. The molecule has 0 spiro atoms. The lowest BCUT2D eigenvalue weighted by atomic mass is 10.0. The fourth-order valence-corrected chi connectivity index (χ4v) is 3.15. The maximum atomic E-state index is 9.53. The normalized spacial score (nSPS) is 14.9. The maximum Gasteiger partial charge on any atom is 0.414 e. The number of carbonyl (C=O) groups is 2. The van der Waals surface area contributed by atoms with Gasteiger partial charge in [-0.05, 0) is 58.7 Å². The predicted octanol–water partition coefficient (Wildman–Crippen LogP) is 2.64. The van der Waals surface area contributed by atoms with E-state index in [9.17, 15) is 5.11 Å². The highest BCUT2D eigenvalue weighted by Gasteiger charge is 2.19. The second kappa shape index (κ2) is 10.1. The summed E-state index contributed by atoms with van der Waals surface area (Å²) in [5.41, 5.74) is 2.49. The minimum atomic E-state index is -1.82. The van der Waals surface area contributed by atoms with Crippen LogP contribution in [0.2, 0.25) is 0 Å². The molecular weight excluding hydrogens is 465 g/mol. The fraction of sp³-hybridized carbons (Fsp3) is 0.263. The van der Waals surface area contributed by atoms with Gasteiger partial charge in [0.1, 0.15) is 17.6 Å². The number of nitrogens with one attached hydrogen (secondary N) is 1. The van der Waals surface area contributed by atoms with Gasteiger partial charge in [0.15, 0.2) is 0 Å². The van der Waals surface area contributed by atoms with E-state index in [1.165, 1.54) is 14.7 Å². The molecule has 0 unspecified atom stereocenters. The number of aryl methyl sites for hydroxylation is 1. The number of aromatic hydroxyl groups is 1. The molecule has 2 aromatic rings. The predicted molar refractivity (Wildman–Crippen MR) is 107 cm³/mol. The third-order valence-corrected chi connectivity index (χ3v) is 4.96. The Morgan fingerprint density at radius 2 is 1.85 bits per heavy atom. The summed E-state index contributed by atoms with van der Waals surface area (Å²) in [5, 5.41) is 27.8. The second-order valence-corrected chi connectivity index (χ2v) is 7.07. The van der Waals surface area contributed by atoms with E-state index in [1.54, 1.807) is 12.1 Å². The van der Waals surface area contributed by atoms with E-state index >= 15 is 0 Å². The Bertz CT molecular complexity index is 799. The Balaban J connectivity index is 0.000000380. The van der Waals surface area contributed by atoms with Crippen LogP contribution in [0.1, 0.15) is 17.5 Å². The number of benzene rings is 2. The molecule has 0 saturated carbocycles. The third-order valence-electron chi connectivity index (χ3n) is 3.91. The molecule has 0 radical (unpaired) electrons.